The van der Waals surface area contributed by atoms with E-state index in [9.17, 15) is 4.79 Å². The van der Waals surface area contributed by atoms with Crippen molar-refractivity contribution in [3.8, 4) is 0 Å². The molecule has 2 saturated heterocycles. The summed E-state index contributed by atoms with van der Waals surface area (Å²) in [7, 11) is 1.90. The zero-order chi connectivity index (χ0) is 14.1. The zero-order valence-electron chi connectivity index (χ0n) is 11.7. The van der Waals surface area contributed by atoms with Crippen molar-refractivity contribution >= 4 is 22.0 Å². The van der Waals surface area contributed by atoms with Crippen molar-refractivity contribution in [3.63, 3.8) is 0 Å². The van der Waals surface area contributed by atoms with E-state index in [1.165, 1.54) is 18.4 Å². The van der Waals surface area contributed by atoms with Crippen molar-refractivity contribution in [3.05, 3.63) is 34.3 Å². The minimum atomic E-state index is 0.142. The van der Waals surface area contributed by atoms with Gasteiger partial charge < -0.3 is 15.1 Å². The highest BCUT2D eigenvalue weighted by Gasteiger charge is 2.36. The molecule has 108 valence electrons. The quantitative estimate of drug-likeness (QED) is 0.920. The Hall–Kier alpha value is -1.07. The first-order chi connectivity index (χ1) is 9.65. The largest absolute Gasteiger partial charge is 0.321 e. The number of benzene rings is 1. The molecule has 4 nitrogen and oxygen atoms in total. The zero-order valence-corrected chi connectivity index (χ0v) is 13.3. The topological polar surface area (TPSA) is 35.6 Å². The summed E-state index contributed by atoms with van der Waals surface area (Å²) >= 11 is 3.50. The van der Waals surface area contributed by atoms with Gasteiger partial charge in [-0.2, -0.15) is 0 Å². The van der Waals surface area contributed by atoms with Gasteiger partial charge in [-0.05, 0) is 37.1 Å². The van der Waals surface area contributed by atoms with Gasteiger partial charge in [0.25, 0.3) is 0 Å². The summed E-state index contributed by atoms with van der Waals surface area (Å²) in [5.74, 6) is 0. The van der Waals surface area contributed by atoms with Crippen molar-refractivity contribution in [2.45, 2.75) is 24.9 Å². The van der Waals surface area contributed by atoms with Gasteiger partial charge in [0.1, 0.15) is 0 Å². The second-order valence-electron chi connectivity index (χ2n) is 5.66. The number of nitrogens with zero attached hydrogens (tertiary/aromatic N) is 2. The number of nitrogens with one attached hydrogen (secondary N) is 1. The third kappa shape index (κ3) is 2.69. The van der Waals surface area contributed by atoms with Crippen LogP contribution in [-0.2, 0) is 0 Å². The number of hydrogen-bond donors (Lipinski definition) is 1. The van der Waals surface area contributed by atoms with Crippen LogP contribution in [-0.4, -0.2) is 48.6 Å². The molecular formula is C15H20BrN3O. The molecule has 2 amide bonds. The van der Waals surface area contributed by atoms with Crippen molar-refractivity contribution in [2.75, 3.05) is 26.7 Å². The fraction of sp³-hybridized carbons (Fsp3) is 0.533. The van der Waals surface area contributed by atoms with Gasteiger partial charge in [0, 0.05) is 30.7 Å². The minimum Gasteiger partial charge on any atom is -0.321 e. The van der Waals surface area contributed by atoms with Crippen molar-refractivity contribution in [1.82, 2.24) is 15.1 Å². The number of amides is 2. The Balaban J connectivity index is 1.72. The molecule has 0 saturated carbocycles. The fourth-order valence-corrected chi connectivity index (χ4v) is 3.56. The Morgan fingerprint density at radius 1 is 1.45 bits per heavy atom. The van der Waals surface area contributed by atoms with Crippen LogP contribution in [0.25, 0.3) is 0 Å². The maximum absolute atomic E-state index is 12.4. The van der Waals surface area contributed by atoms with E-state index >= 15 is 0 Å². The predicted octanol–water partition coefficient (Wildman–Crippen LogP) is 2.61. The Morgan fingerprint density at radius 3 is 3.00 bits per heavy atom. The lowest BCUT2D eigenvalue weighted by atomic mass is 10.1. The standard InChI is InChI=1S/C15H20BrN3O/c1-18-14(11-4-2-5-12(16)8-11)10-19(15(18)20)9-13-6-3-7-17-13/h2,4-5,8,13-14,17H,3,6-7,9-10H2,1H3. The molecule has 2 unspecified atom stereocenters. The molecule has 5 heteroatoms. The molecular weight excluding hydrogens is 318 g/mol. The van der Waals surface area contributed by atoms with Gasteiger partial charge in [-0.25, -0.2) is 4.79 Å². The second-order valence-corrected chi connectivity index (χ2v) is 6.58. The normalized spacial score (nSPS) is 26.6. The van der Waals surface area contributed by atoms with Gasteiger partial charge in [0.15, 0.2) is 0 Å². The van der Waals surface area contributed by atoms with Crippen molar-refractivity contribution < 1.29 is 4.79 Å². The Labute approximate surface area is 128 Å². The lowest BCUT2D eigenvalue weighted by Crippen LogP contribution is -2.39. The van der Waals surface area contributed by atoms with Crippen LogP contribution in [0, 0.1) is 0 Å². The smallest absolute Gasteiger partial charge is 0.320 e. The Kier molecular flexibility index (Phi) is 3.98. The number of hydrogen-bond acceptors (Lipinski definition) is 2. The SMILES string of the molecule is CN1C(=O)N(CC2CCCN2)CC1c1cccc(Br)c1. The van der Waals surface area contributed by atoms with Crippen molar-refractivity contribution in [1.29, 1.82) is 0 Å². The van der Waals surface area contributed by atoms with E-state index in [0.717, 1.165) is 24.1 Å². The van der Waals surface area contributed by atoms with E-state index < -0.39 is 0 Å². The summed E-state index contributed by atoms with van der Waals surface area (Å²) in [6, 6.07) is 9.00. The molecule has 0 bridgehead atoms. The summed E-state index contributed by atoms with van der Waals surface area (Å²) in [5.41, 5.74) is 1.19. The summed E-state index contributed by atoms with van der Waals surface area (Å²) in [5, 5.41) is 3.46. The van der Waals surface area contributed by atoms with Crippen LogP contribution >= 0.6 is 15.9 Å². The highest BCUT2D eigenvalue weighted by atomic mass is 79.9. The van der Waals surface area contributed by atoms with E-state index in [-0.39, 0.29) is 12.1 Å². The van der Waals surface area contributed by atoms with E-state index in [4.69, 9.17) is 0 Å². The fourth-order valence-electron chi connectivity index (χ4n) is 3.14. The van der Waals surface area contributed by atoms with E-state index in [1.54, 1.807) is 0 Å². The van der Waals surface area contributed by atoms with Crippen LogP contribution in [0.4, 0.5) is 4.79 Å². The number of likely N-dealkylation sites (N-methyl/N-ethyl adjacent to an activating group) is 1. The lowest BCUT2D eigenvalue weighted by molar-refractivity contribution is 0.192. The molecule has 2 aliphatic heterocycles. The molecule has 1 aromatic carbocycles. The minimum absolute atomic E-state index is 0.142. The summed E-state index contributed by atoms with van der Waals surface area (Å²) in [6.07, 6.45) is 2.40. The lowest BCUT2D eigenvalue weighted by Gasteiger charge is -2.19. The van der Waals surface area contributed by atoms with E-state index in [1.807, 2.05) is 29.0 Å². The van der Waals surface area contributed by atoms with Crippen LogP contribution in [0.5, 0.6) is 0 Å². The van der Waals surface area contributed by atoms with Gasteiger partial charge in [0.2, 0.25) is 0 Å². The monoisotopic (exact) mass is 337 g/mol. The molecule has 0 aliphatic carbocycles. The average Bonchev–Trinajstić information content (AvgIpc) is 3.03. The highest BCUT2D eigenvalue weighted by Crippen LogP contribution is 2.30. The molecule has 2 heterocycles. The van der Waals surface area contributed by atoms with Crippen LogP contribution in [0.3, 0.4) is 0 Å². The first kappa shape index (κ1) is 13.9. The van der Waals surface area contributed by atoms with Crippen LogP contribution < -0.4 is 5.32 Å². The number of halogens is 1. The van der Waals surface area contributed by atoms with Gasteiger partial charge in [-0.15, -0.1) is 0 Å². The van der Waals surface area contributed by atoms with Gasteiger partial charge in [-0.1, -0.05) is 28.1 Å². The first-order valence-electron chi connectivity index (χ1n) is 7.16. The number of carbonyl (C=O) groups excluding carboxylic acids is 1. The molecule has 0 spiro atoms. The van der Waals surface area contributed by atoms with Gasteiger partial charge in [-0.3, -0.25) is 0 Å². The summed E-state index contributed by atoms with van der Waals surface area (Å²) < 4.78 is 1.06. The van der Waals surface area contributed by atoms with Gasteiger partial charge in [0.05, 0.1) is 6.04 Å². The van der Waals surface area contributed by atoms with Crippen molar-refractivity contribution in [2.24, 2.45) is 0 Å². The summed E-state index contributed by atoms with van der Waals surface area (Å²) in [4.78, 5) is 16.2. The number of rotatable bonds is 3. The predicted molar refractivity (Wildman–Crippen MR) is 82.6 cm³/mol. The first-order valence-corrected chi connectivity index (χ1v) is 7.95. The van der Waals surface area contributed by atoms with Crippen LogP contribution in [0.2, 0.25) is 0 Å². The Bertz CT molecular complexity index is 502. The molecule has 2 atom stereocenters. The third-order valence-corrected chi connectivity index (χ3v) is 4.76. The highest BCUT2D eigenvalue weighted by molar-refractivity contribution is 9.10. The maximum Gasteiger partial charge on any atom is 0.320 e. The number of carbonyl (C=O) groups is 1. The summed E-state index contributed by atoms with van der Waals surface area (Å²) in [6.45, 7) is 2.69. The van der Waals surface area contributed by atoms with Gasteiger partial charge >= 0.3 is 6.03 Å². The second kappa shape index (κ2) is 5.74. The molecule has 1 N–H and O–H groups in total. The third-order valence-electron chi connectivity index (χ3n) is 4.27. The Morgan fingerprint density at radius 2 is 2.30 bits per heavy atom. The van der Waals surface area contributed by atoms with Crippen LogP contribution in [0.1, 0.15) is 24.4 Å². The van der Waals surface area contributed by atoms with Crippen LogP contribution in [0.15, 0.2) is 28.7 Å². The van der Waals surface area contributed by atoms with E-state index in [0.29, 0.717) is 6.04 Å². The molecule has 20 heavy (non-hydrogen) atoms. The molecule has 2 aliphatic rings. The molecule has 1 aromatic rings. The molecule has 0 radical (unpaired) electrons. The number of urea groups is 1. The van der Waals surface area contributed by atoms with E-state index in [2.05, 4.69) is 33.4 Å². The average molecular weight is 338 g/mol. The molecule has 0 aromatic heterocycles. The molecule has 3 rings (SSSR count). The maximum atomic E-state index is 12.4. The molecule has 2 fully saturated rings.